The number of methoxy groups -OCH3 is 2. The van der Waals surface area contributed by atoms with E-state index < -0.39 is 0 Å². The van der Waals surface area contributed by atoms with Gasteiger partial charge in [-0.3, -0.25) is 0 Å². The van der Waals surface area contributed by atoms with Crippen molar-refractivity contribution in [2.45, 2.75) is 39.2 Å². The first-order valence-electron chi connectivity index (χ1n) is 6.62. The zero-order chi connectivity index (χ0) is 14.2. The topological polar surface area (TPSA) is 30.5 Å². The van der Waals surface area contributed by atoms with Crippen molar-refractivity contribution in [3.8, 4) is 11.5 Å². The minimum Gasteiger partial charge on any atom is -0.492 e. The van der Waals surface area contributed by atoms with Gasteiger partial charge < -0.3 is 14.8 Å². The van der Waals surface area contributed by atoms with Crippen LogP contribution in [-0.2, 0) is 5.54 Å². The largest absolute Gasteiger partial charge is 0.492 e. The summed E-state index contributed by atoms with van der Waals surface area (Å²) in [7, 11) is 3.16. The second-order valence-corrected chi connectivity index (χ2v) is 5.37. The van der Waals surface area contributed by atoms with Gasteiger partial charge in [0.05, 0.1) is 14.2 Å². The fourth-order valence-electron chi connectivity index (χ4n) is 3.16. The SMILES string of the molecule is COc1c(C)c(F)c(C)c(C2(C)CCCN2)c1OC. The number of hydrogen-bond donors (Lipinski definition) is 1. The van der Waals surface area contributed by atoms with Crippen LogP contribution < -0.4 is 14.8 Å². The van der Waals surface area contributed by atoms with Gasteiger partial charge in [-0.2, -0.15) is 0 Å². The Kier molecular flexibility index (Phi) is 3.72. The highest BCUT2D eigenvalue weighted by Gasteiger charge is 2.37. The molecular weight excluding hydrogens is 245 g/mol. The molecule has 1 aliphatic heterocycles. The van der Waals surface area contributed by atoms with Gasteiger partial charge in [0.1, 0.15) is 5.82 Å². The number of nitrogens with one attached hydrogen (secondary N) is 1. The molecule has 0 amide bonds. The van der Waals surface area contributed by atoms with E-state index in [-0.39, 0.29) is 11.4 Å². The smallest absolute Gasteiger partial charge is 0.166 e. The average molecular weight is 267 g/mol. The Balaban J connectivity index is 2.74. The fraction of sp³-hybridized carbons (Fsp3) is 0.600. The molecule has 0 saturated carbocycles. The number of benzene rings is 1. The molecule has 1 heterocycles. The highest BCUT2D eigenvalue weighted by Crippen LogP contribution is 2.46. The van der Waals surface area contributed by atoms with Gasteiger partial charge in [-0.15, -0.1) is 0 Å². The van der Waals surface area contributed by atoms with Crippen molar-refractivity contribution in [1.82, 2.24) is 5.32 Å². The summed E-state index contributed by atoms with van der Waals surface area (Å²) in [6.45, 7) is 6.57. The molecule has 1 atom stereocenters. The van der Waals surface area contributed by atoms with Crippen LogP contribution in [0.3, 0.4) is 0 Å². The van der Waals surface area contributed by atoms with E-state index in [9.17, 15) is 4.39 Å². The highest BCUT2D eigenvalue weighted by molar-refractivity contribution is 5.58. The van der Waals surface area contributed by atoms with Crippen LogP contribution in [-0.4, -0.2) is 20.8 Å². The molecule has 1 saturated heterocycles. The summed E-state index contributed by atoms with van der Waals surface area (Å²) in [5.41, 5.74) is 1.78. The van der Waals surface area contributed by atoms with Gasteiger partial charge in [0.2, 0.25) is 0 Å². The molecule has 1 unspecified atom stereocenters. The third kappa shape index (κ3) is 2.08. The molecular formula is C15H22FNO2. The van der Waals surface area contributed by atoms with Crippen LogP contribution in [0.5, 0.6) is 11.5 Å². The van der Waals surface area contributed by atoms with Crippen molar-refractivity contribution in [3.05, 3.63) is 22.5 Å². The number of halogens is 1. The van der Waals surface area contributed by atoms with Crippen molar-refractivity contribution in [3.63, 3.8) is 0 Å². The zero-order valence-electron chi connectivity index (χ0n) is 12.3. The van der Waals surface area contributed by atoms with Crippen LogP contribution >= 0.6 is 0 Å². The van der Waals surface area contributed by atoms with Gasteiger partial charge in [0.15, 0.2) is 11.5 Å². The van der Waals surface area contributed by atoms with Crippen LogP contribution in [0.25, 0.3) is 0 Å². The minimum atomic E-state index is -0.253. The van der Waals surface area contributed by atoms with Crippen LogP contribution in [0.15, 0.2) is 0 Å². The van der Waals surface area contributed by atoms with Crippen LogP contribution in [0.1, 0.15) is 36.5 Å². The van der Waals surface area contributed by atoms with Crippen molar-refractivity contribution < 1.29 is 13.9 Å². The lowest BCUT2D eigenvalue weighted by Gasteiger charge is -2.30. The molecule has 106 valence electrons. The van der Waals surface area contributed by atoms with Gasteiger partial charge in [-0.25, -0.2) is 4.39 Å². The van der Waals surface area contributed by atoms with E-state index in [0.29, 0.717) is 22.6 Å². The Morgan fingerprint density at radius 1 is 1.11 bits per heavy atom. The van der Waals surface area contributed by atoms with Crippen molar-refractivity contribution in [2.75, 3.05) is 20.8 Å². The first-order chi connectivity index (χ1) is 8.96. The predicted octanol–water partition coefficient (Wildman–Crippen LogP) is 3.06. The lowest BCUT2D eigenvalue weighted by atomic mass is 9.85. The van der Waals surface area contributed by atoms with E-state index in [4.69, 9.17) is 9.47 Å². The lowest BCUT2D eigenvalue weighted by molar-refractivity contribution is 0.327. The third-order valence-corrected chi connectivity index (χ3v) is 4.14. The average Bonchev–Trinajstić information content (AvgIpc) is 2.83. The summed E-state index contributed by atoms with van der Waals surface area (Å²) in [6, 6.07) is 0. The molecule has 1 aromatic carbocycles. The van der Waals surface area contributed by atoms with E-state index in [0.717, 1.165) is 24.9 Å². The molecule has 0 aromatic heterocycles. The summed E-state index contributed by atoms with van der Waals surface area (Å²) in [6.07, 6.45) is 2.05. The first kappa shape index (κ1) is 14.1. The molecule has 0 spiro atoms. The Labute approximate surface area is 114 Å². The Morgan fingerprint density at radius 3 is 2.21 bits per heavy atom. The van der Waals surface area contributed by atoms with E-state index in [1.165, 1.54) is 0 Å². The summed E-state index contributed by atoms with van der Waals surface area (Å²) < 4.78 is 25.3. The lowest BCUT2D eigenvalue weighted by Crippen LogP contribution is -2.35. The van der Waals surface area contributed by atoms with Gasteiger partial charge in [0.25, 0.3) is 0 Å². The maximum Gasteiger partial charge on any atom is 0.166 e. The highest BCUT2D eigenvalue weighted by atomic mass is 19.1. The molecule has 4 heteroatoms. The van der Waals surface area contributed by atoms with Crippen LogP contribution in [0.4, 0.5) is 4.39 Å². The van der Waals surface area contributed by atoms with Crippen LogP contribution in [0.2, 0.25) is 0 Å². The first-order valence-corrected chi connectivity index (χ1v) is 6.62. The number of hydrogen-bond acceptors (Lipinski definition) is 3. The number of rotatable bonds is 3. The predicted molar refractivity (Wildman–Crippen MR) is 73.6 cm³/mol. The Hall–Kier alpha value is -1.29. The zero-order valence-corrected chi connectivity index (χ0v) is 12.3. The van der Waals surface area contributed by atoms with Crippen LogP contribution in [0, 0.1) is 19.7 Å². The van der Waals surface area contributed by atoms with E-state index >= 15 is 0 Å². The molecule has 1 fully saturated rings. The molecule has 0 bridgehead atoms. The number of ether oxygens (including phenoxy) is 2. The van der Waals surface area contributed by atoms with Crippen molar-refractivity contribution in [2.24, 2.45) is 0 Å². The van der Waals surface area contributed by atoms with Gasteiger partial charge in [-0.05, 0) is 45.7 Å². The summed E-state index contributed by atoms with van der Waals surface area (Å²) in [4.78, 5) is 0. The summed E-state index contributed by atoms with van der Waals surface area (Å²) in [5, 5.41) is 3.46. The minimum absolute atomic E-state index is 0.206. The molecule has 2 rings (SSSR count). The summed E-state index contributed by atoms with van der Waals surface area (Å²) in [5.74, 6) is 0.939. The molecule has 1 aromatic rings. The van der Waals surface area contributed by atoms with Gasteiger partial charge >= 0.3 is 0 Å². The quantitative estimate of drug-likeness (QED) is 0.913. The van der Waals surface area contributed by atoms with Gasteiger partial charge in [-0.1, -0.05) is 0 Å². The van der Waals surface area contributed by atoms with E-state index in [1.807, 2.05) is 6.92 Å². The monoisotopic (exact) mass is 267 g/mol. The van der Waals surface area contributed by atoms with Gasteiger partial charge in [0, 0.05) is 16.7 Å². The normalized spacial score (nSPS) is 22.6. The molecule has 0 radical (unpaired) electrons. The van der Waals surface area contributed by atoms with Crippen molar-refractivity contribution >= 4 is 0 Å². The third-order valence-electron chi connectivity index (χ3n) is 4.14. The molecule has 3 nitrogen and oxygen atoms in total. The second-order valence-electron chi connectivity index (χ2n) is 5.37. The fourth-order valence-corrected chi connectivity index (χ4v) is 3.16. The second kappa shape index (κ2) is 5.00. The Bertz CT molecular complexity index is 494. The Morgan fingerprint density at radius 2 is 1.74 bits per heavy atom. The molecule has 0 aliphatic carbocycles. The summed E-state index contributed by atoms with van der Waals surface area (Å²) >= 11 is 0. The van der Waals surface area contributed by atoms with E-state index in [2.05, 4.69) is 12.2 Å². The van der Waals surface area contributed by atoms with E-state index in [1.54, 1.807) is 21.1 Å². The standard InChI is InChI=1S/C15H22FNO2/c1-9-11(15(3)7-6-8-17-15)14(19-5)13(18-4)10(2)12(9)16/h17H,6-8H2,1-5H3. The molecule has 1 aliphatic rings. The van der Waals surface area contributed by atoms with Crippen molar-refractivity contribution in [1.29, 1.82) is 0 Å². The molecule has 1 N–H and O–H groups in total. The maximum absolute atomic E-state index is 14.4. The molecule has 19 heavy (non-hydrogen) atoms. The maximum atomic E-state index is 14.4.